The number of H-pyrrole nitrogens is 1. The molecule has 4 rings (SSSR count). The van der Waals surface area contributed by atoms with Gasteiger partial charge in [0.25, 0.3) is 0 Å². The van der Waals surface area contributed by atoms with Crippen LogP contribution in [0.2, 0.25) is 0 Å². The zero-order chi connectivity index (χ0) is 20.4. The Labute approximate surface area is 167 Å². The number of rotatable bonds is 6. The summed E-state index contributed by atoms with van der Waals surface area (Å²) in [6.45, 7) is 2.05. The normalized spacial score (nSPS) is 11.3. The van der Waals surface area contributed by atoms with Crippen molar-refractivity contribution in [1.29, 1.82) is 0 Å². The Balaban J connectivity index is 1.68. The molecule has 0 saturated heterocycles. The molecular weight excluding hydrogens is 370 g/mol. The van der Waals surface area contributed by atoms with Crippen LogP contribution in [0.15, 0.2) is 41.8 Å². The van der Waals surface area contributed by atoms with Crippen LogP contribution in [0.4, 0.5) is 5.82 Å². The van der Waals surface area contributed by atoms with Crippen molar-refractivity contribution in [2.24, 2.45) is 5.10 Å². The highest BCUT2D eigenvalue weighted by molar-refractivity contribution is 6.08. The number of nitrogens with zero attached hydrogens (tertiary/aromatic N) is 3. The van der Waals surface area contributed by atoms with Crippen LogP contribution in [-0.4, -0.2) is 42.5 Å². The highest BCUT2D eigenvalue weighted by atomic mass is 16.5. The van der Waals surface area contributed by atoms with Gasteiger partial charge in [0, 0.05) is 22.5 Å². The minimum atomic E-state index is 0.583. The van der Waals surface area contributed by atoms with E-state index in [2.05, 4.69) is 44.5 Å². The molecule has 0 saturated carbocycles. The molecule has 8 nitrogen and oxygen atoms in total. The lowest BCUT2D eigenvalue weighted by atomic mass is 10.2. The van der Waals surface area contributed by atoms with Crippen molar-refractivity contribution in [3.63, 3.8) is 0 Å². The molecule has 0 radical (unpaired) electrons. The van der Waals surface area contributed by atoms with E-state index in [9.17, 15) is 0 Å². The van der Waals surface area contributed by atoms with Crippen molar-refractivity contribution in [2.75, 3.05) is 26.8 Å². The fourth-order valence-corrected chi connectivity index (χ4v) is 3.21. The van der Waals surface area contributed by atoms with Crippen molar-refractivity contribution in [3.8, 4) is 17.2 Å². The van der Waals surface area contributed by atoms with Gasteiger partial charge in [-0.25, -0.2) is 9.97 Å². The van der Waals surface area contributed by atoms with E-state index in [4.69, 9.17) is 14.2 Å². The van der Waals surface area contributed by atoms with Gasteiger partial charge in [-0.1, -0.05) is 11.6 Å². The third kappa shape index (κ3) is 3.40. The predicted octanol–water partition coefficient (Wildman–Crippen LogP) is 3.89. The molecule has 0 aliphatic carbocycles. The van der Waals surface area contributed by atoms with Gasteiger partial charge in [0.2, 0.25) is 0 Å². The standard InChI is InChI=1S/C21H21N5O3/c1-12-5-6-15-14(7-12)19-20(25-15)21(23-11-22-19)26-24-10-13-8-17(28-3)18(29-4)9-16(13)27-2/h5-11,25H,1-4H3,(H,22,23,26)/b24-10+. The van der Waals surface area contributed by atoms with Gasteiger partial charge in [-0.2, -0.15) is 5.10 Å². The van der Waals surface area contributed by atoms with E-state index in [1.165, 1.54) is 11.9 Å². The molecule has 2 aromatic carbocycles. The second-order valence-corrected chi connectivity index (χ2v) is 6.44. The van der Waals surface area contributed by atoms with Gasteiger partial charge in [0.1, 0.15) is 23.1 Å². The van der Waals surface area contributed by atoms with Gasteiger partial charge < -0.3 is 19.2 Å². The summed E-state index contributed by atoms with van der Waals surface area (Å²) in [4.78, 5) is 12.1. The molecule has 0 bridgehead atoms. The number of anilines is 1. The molecule has 0 fully saturated rings. The number of methoxy groups -OCH3 is 3. The highest BCUT2D eigenvalue weighted by Gasteiger charge is 2.12. The van der Waals surface area contributed by atoms with E-state index in [0.29, 0.717) is 23.1 Å². The first-order chi connectivity index (χ1) is 14.1. The van der Waals surface area contributed by atoms with Crippen molar-refractivity contribution < 1.29 is 14.2 Å². The smallest absolute Gasteiger partial charge is 0.174 e. The second kappa shape index (κ2) is 7.67. The molecule has 4 aromatic rings. The first-order valence-corrected chi connectivity index (χ1v) is 8.96. The molecule has 0 aliphatic heterocycles. The lowest BCUT2D eigenvalue weighted by molar-refractivity contribution is 0.349. The zero-order valence-electron chi connectivity index (χ0n) is 16.6. The van der Waals surface area contributed by atoms with Gasteiger partial charge in [-0.05, 0) is 25.1 Å². The fraction of sp³-hybridized carbons (Fsp3) is 0.190. The molecule has 0 spiro atoms. The summed E-state index contributed by atoms with van der Waals surface area (Å²) in [6, 6.07) is 9.74. The molecule has 0 aliphatic rings. The number of aryl methyl sites for hydroxylation is 1. The van der Waals surface area contributed by atoms with Crippen LogP contribution in [-0.2, 0) is 0 Å². The number of nitrogens with one attached hydrogen (secondary N) is 2. The van der Waals surface area contributed by atoms with Crippen molar-refractivity contribution >= 4 is 34.0 Å². The lowest BCUT2D eigenvalue weighted by Gasteiger charge is -2.11. The summed E-state index contributed by atoms with van der Waals surface area (Å²) in [5.74, 6) is 2.37. The summed E-state index contributed by atoms with van der Waals surface area (Å²) in [5, 5.41) is 5.38. The number of ether oxygens (including phenoxy) is 3. The van der Waals surface area contributed by atoms with Crippen LogP contribution in [0, 0.1) is 6.92 Å². The van der Waals surface area contributed by atoms with E-state index in [1.807, 2.05) is 6.07 Å². The van der Waals surface area contributed by atoms with Crippen molar-refractivity contribution in [3.05, 3.63) is 47.8 Å². The molecule has 29 heavy (non-hydrogen) atoms. The number of hydrogen-bond acceptors (Lipinski definition) is 7. The molecule has 2 N–H and O–H groups in total. The number of hydrogen-bond donors (Lipinski definition) is 2. The predicted molar refractivity (Wildman–Crippen MR) is 113 cm³/mol. The molecular formula is C21H21N5O3. The first-order valence-electron chi connectivity index (χ1n) is 8.96. The first kappa shape index (κ1) is 18.5. The third-order valence-corrected chi connectivity index (χ3v) is 4.65. The number of fused-ring (bicyclic) bond motifs is 3. The largest absolute Gasteiger partial charge is 0.496 e. The SMILES string of the molecule is COc1cc(OC)c(OC)cc1/C=N/Nc1ncnc2c1[nH]c1ccc(C)cc12. The second-order valence-electron chi connectivity index (χ2n) is 6.44. The lowest BCUT2D eigenvalue weighted by Crippen LogP contribution is -1.99. The Morgan fingerprint density at radius 1 is 0.966 bits per heavy atom. The van der Waals surface area contributed by atoms with E-state index in [1.54, 1.807) is 39.7 Å². The maximum absolute atomic E-state index is 5.43. The summed E-state index contributed by atoms with van der Waals surface area (Å²) in [5.41, 5.74) is 7.53. The van der Waals surface area contributed by atoms with Gasteiger partial charge in [-0.3, -0.25) is 5.43 Å². The van der Waals surface area contributed by atoms with E-state index >= 15 is 0 Å². The summed E-state index contributed by atoms with van der Waals surface area (Å²) in [7, 11) is 4.75. The molecule has 8 heteroatoms. The summed E-state index contributed by atoms with van der Waals surface area (Å²) in [6.07, 6.45) is 3.16. The number of aromatic amines is 1. The monoisotopic (exact) mass is 391 g/mol. The molecule has 0 unspecified atom stereocenters. The maximum atomic E-state index is 5.43. The van der Waals surface area contributed by atoms with E-state index < -0.39 is 0 Å². The minimum absolute atomic E-state index is 0.583. The van der Waals surface area contributed by atoms with Crippen LogP contribution >= 0.6 is 0 Å². The average Bonchev–Trinajstić information content (AvgIpc) is 3.12. The Kier molecular flexibility index (Phi) is 4.90. The Morgan fingerprint density at radius 2 is 1.72 bits per heavy atom. The minimum Gasteiger partial charge on any atom is -0.496 e. The maximum Gasteiger partial charge on any atom is 0.174 e. The van der Waals surface area contributed by atoms with Gasteiger partial charge >= 0.3 is 0 Å². The van der Waals surface area contributed by atoms with E-state index in [-0.39, 0.29) is 0 Å². The number of aromatic nitrogens is 3. The van der Waals surface area contributed by atoms with Gasteiger partial charge in [0.05, 0.1) is 27.5 Å². The molecule has 2 aromatic heterocycles. The van der Waals surface area contributed by atoms with Crippen molar-refractivity contribution in [2.45, 2.75) is 6.92 Å². The third-order valence-electron chi connectivity index (χ3n) is 4.65. The number of benzene rings is 2. The average molecular weight is 391 g/mol. The highest BCUT2D eigenvalue weighted by Crippen LogP contribution is 2.34. The van der Waals surface area contributed by atoms with E-state index in [0.717, 1.165) is 27.5 Å². The quantitative estimate of drug-likeness (QED) is 0.383. The Hall–Kier alpha value is -3.81. The molecule has 0 atom stereocenters. The Morgan fingerprint density at radius 3 is 2.48 bits per heavy atom. The topological polar surface area (TPSA) is 93.7 Å². The van der Waals surface area contributed by atoms with Crippen LogP contribution < -0.4 is 19.6 Å². The van der Waals surface area contributed by atoms with Crippen LogP contribution in [0.25, 0.3) is 21.9 Å². The van der Waals surface area contributed by atoms with Crippen LogP contribution in [0.3, 0.4) is 0 Å². The van der Waals surface area contributed by atoms with Gasteiger partial charge in [-0.15, -0.1) is 0 Å². The molecule has 0 amide bonds. The molecule has 148 valence electrons. The van der Waals surface area contributed by atoms with Crippen LogP contribution in [0.5, 0.6) is 17.2 Å². The zero-order valence-corrected chi connectivity index (χ0v) is 16.6. The summed E-state index contributed by atoms with van der Waals surface area (Å²) < 4.78 is 16.1. The van der Waals surface area contributed by atoms with Gasteiger partial charge in [0.15, 0.2) is 17.3 Å². The summed E-state index contributed by atoms with van der Waals surface area (Å²) >= 11 is 0. The van der Waals surface area contributed by atoms with Crippen LogP contribution in [0.1, 0.15) is 11.1 Å². The number of hydrazone groups is 1. The molecule has 2 heterocycles. The Bertz CT molecular complexity index is 1220. The van der Waals surface area contributed by atoms with Crippen molar-refractivity contribution in [1.82, 2.24) is 15.0 Å². The fourth-order valence-electron chi connectivity index (χ4n) is 3.21.